The number of ether oxygens (including phenoxy) is 1. The molecule has 2 aliphatic rings. The summed E-state index contributed by atoms with van der Waals surface area (Å²) in [5.41, 5.74) is 8.99. The molecule has 1 saturated heterocycles. The number of hydrogen-bond acceptors (Lipinski definition) is 3. The second kappa shape index (κ2) is 9.12. The lowest BCUT2D eigenvalue weighted by Crippen LogP contribution is -2.48. The lowest BCUT2D eigenvalue weighted by Gasteiger charge is -2.40. The molecule has 1 aromatic heterocycles. The van der Waals surface area contributed by atoms with Crippen LogP contribution in [0.1, 0.15) is 62.6 Å². The molecule has 1 amide bonds. The summed E-state index contributed by atoms with van der Waals surface area (Å²) in [5.74, 6) is 3.82. The summed E-state index contributed by atoms with van der Waals surface area (Å²) in [4.78, 5) is 15.3. The number of aromatic nitrogens is 2. The van der Waals surface area contributed by atoms with Gasteiger partial charge in [0.05, 0.1) is 18.0 Å². The molecule has 2 fully saturated rings. The molecule has 5 rings (SSSR count). The molecule has 0 unspecified atom stereocenters. The van der Waals surface area contributed by atoms with E-state index in [1.807, 2.05) is 30.0 Å². The molecule has 1 N–H and O–H groups in total. The van der Waals surface area contributed by atoms with E-state index in [-0.39, 0.29) is 5.91 Å². The van der Waals surface area contributed by atoms with Gasteiger partial charge in [-0.25, -0.2) is 0 Å². The number of H-pyrrole nitrogens is 1. The number of terminal acetylenes is 1. The Hall–Kier alpha value is -3.36. The number of amides is 1. The quantitative estimate of drug-likeness (QED) is 0.504. The van der Waals surface area contributed by atoms with E-state index in [0.29, 0.717) is 12.5 Å². The van der Waals surface area contributed by atoms with Crippen molar-refractivity contribution in [1.29, 1.82) is 0 Å². The number of nitrogens with zero attached hydrogens (tertiary/aromatic N) is 2. The van der Waals surface area contributed by atoms with Crippen LogP contribution in [0.15, 0.2) is 36.4 Å². The highest BCUT2D eigenvalue weighted by molar-refractivity contribution is 5.98. The van der Waals surface area contributed by atoms with Crippen LogP contribution in [0.2, 0.25) is 0 Å². The highest BCUT2D eigenvalue weighted by atomic mass is 16.5. The fourth-order valence-electron chi connectivity index (χ4n) is 4.67. The van der Waals surface area contributed by atoms with Crippen molar-refractivity contribution in [1.82, 2.24) is 15.1 Å². The van der Waals surface area contributed by atoms with E-state index < -0.39 is 0 Å². The third-order valence-electron chi connectivity index (χ3n) is 7.19. The zero-order valence-corrected chi connectivity index (χ0v) is 20.1. The first-order valence-corrected chi connectivity index (χ1v) is 12.0. The van der Waals surface area contributed by atoms with Gasteiger partial charge in [-0.1, -0.05) is 24.1 Å². The van der Waals surface area contributed by atoms with E-state index in [0.717, 1.165) is 70.4 Å². The maximum atomic E-state index is 13.4. The summed E-state index contributed by atoms with van der Waals surface area (Å²) in [6, 6.07) is 12.2. The predicted octanol–water partition coefficient (Wildman–Crippen LogP) is 5.15. The van der Waals surface area contributed by atoms with Gasteiger partial charge in [0.2, 0.25) is 0 Å². The maximum Gasteiger partial charge on any atom is 0.254 e. The third kappa shape index (κ3) is 4.38. The number of benzene rings is 2. The third-order valence-corrected chi connectivity index (χ3v) is 7.19. The van der Waals surface area contributed by atoms with Crippen LogP contribution in [0.5, 0.6) is 0 Å². The molecule has 5 heteroatoms. The molecule has 1 aliphatic carbocycles. The smallest absolute Gasteiger partial charge is 0.254 e. The molecular weight excluding hydrogens is 422 g/mol. The molecule has 174 valence electrons. The Bertz CT molecular complexity index is 1260. The van der Waals surface area contributed by atoms with Gasteiger partial charge in [-0.2, -0.15) is 5.10 Å². The lowest BCUT2D eigenvalue weighted by atomic mass is 9.89. The fraction of sp³-hybridized carbons (Fsp3) is 0.379. The second-order valence-corrected chi connectivity index (χ2v) is 9.78. The molecule has 0 atom stereocenters. The lowest BCUT2D eigenvalue weighted by molar-refractivity contribution is 0.0601. The monoisotopic (exact) mass is 453 g/mol. The minimum atomic E-state index is 0.0837. The Morgan fingerprint density at radius 3 is 2.56 bits per heavy atom. The van der Waals surface area contributed by atoms with Crippen molar-refractivity contribution in [2.45, 2.75) is 46.1 Å². The molecule has 0 spiro atoms. The minimum Gasteiger partial charge on any atom is -0.375 e. The minimum absolute atomic E-state index is 0.0837. The van der Waals surface area contributed by atoms with E-state index in [9.17, 15) is 4.79 Å². The van der Waals surface area contributed by atoms with Crippen LogP contribution in [0, 0.1) is 39.0 Å². The average molecular weight is 454 g/mol. The van der Waals surface area contributed by atoms with E-state index in [2.05, 4.69) is 48.2 Å². The van der Waals surface area contributed by atoms with Gasteiger partial charge in [-0.05, 0) is 74.4 Å². The molecule has 5 nitrogen and oxygen atoms in total. The predicted molar refractivity (Wildman–Crippen MR) is 134 cm³/mol. The Balaban J connectivity index is 1.31. The highest BCUT2D eigenvalue weighted by Crippen LogP contribution is 2.33. The van der Waals surface area contributed by atoms with Crippen molar-refractivity contribution in [3.05, 3.63) is 75.5 Å². The van der Waals surface area contributed by atoms with E-state index in [1.165, 1.54) is 18.4 Å². The van der Waals surface area contributed by atoms with Gasteiger partial charge >= 0.3 is 0 Å². The average Bonchev–Trinajstić information content (AvgIpc) is 3.56. The van der Waals surface area contributed by atoms with Crippen molar-refractivity contribution in [3.8, 4) is 23.6 Å². The van der Waals surface area contributed by atoms with Gasteiger partial charge in [0, 0.05) is 47.9 Å². The molecular formula is C29H31N3O2. The van der Waals surface area contributed by atoms with Crippen LogP contribution in [-0.4, -0.2) is 40.7 Å². The highest BCUT2D eigenvalue weighted by Gasteiger charge is 2.33. The number of nitrogens with one attached hydrogen (secondary N) is 1. The zero-order valence-electron chi connectivity index (χ0n) is 20.1. The maximum absolute atomic E-state index is 13.4. The molecule has 34 heavy (non-hydrogen) atoms. The van der Waals surface area contributed by atoms with E-state index in [4.69, 9.17) is 11.2 Å². The van der Waals surface area contributed by atoms with Gasteiger partial charge in [-0.15, -0.1) is 6.42 Å². The van der Waals surface area contributed by atoms with E-state index in [1.54, 1.807) is 0 Å². The summed E-state index contributed by atoms with van der Waals surface area (Å²) in [7, 11) is 0. The van der Waals surface area contributed by atoms with Gasteiger partial charge < -0.3 is 9.64 Å². The number of carbonyl (C=O) groups excluding carboxylic acids is 1. The summed E-state index contributed by atoms with van der Waals surface area (Å²) in [6.45, 7) is 8.95. The topological polar surface area (TPSA) is 58.2 Å². The Kier molecular flexibility index (Phi) is 6.02. The molecule has 1 saturated carbocycles. The number of rotatable bonds is 7. The number of aryl methyl sites for hydroxylation is 2. The van der Waals surface area contributed by atoms with Gasteiger partial charge in [0.25, 0.3) is 5.91 Å². The SMILES string of the molecule is C#Cc1ccc(C2CN(C(=O)c3cc(-c4[nH]nc(COCC5CC5)c4C)c(C)cc3C)C2)cc1. The first kappa shape index (κ1) is 22.4. The molecule has 2 heterocycles. The van der Waals surface area contributed by atoms with Crippen molar-refractivity contribution < 1.29 is 9.53 Å². The normalized spacial score (nSPS) is 15.8. The summed E-state index contributed by atoms with van der Waals surface area (Å²) in [5, 5.41) is 7.70. The van der Waals surface area contributed by atoms with Crippen molar-refractivity contribution in [2.24, 2.45) is 5.92 Å². The molecule has 0 bridgehead atoms. The van der Waals surface area contributed by atoms with Crippen LogP contribution in [0.25, 0.3) is 11.3 Å². The molecule has 1 aliphatic heterocycles. The fourth-order valence-corrected chi connectivity index (χ4v) is 4.67. The van der Waals surface area contributed by atoms with Crippen LogP contribution >= 0.6 is 0 Å². The molecule has 3 aromatic rings. The summed E-state index contributed by atoms with van der Waals surface area (Å²) < 4.78 is 5.85. The number of carbonyl (C=O) groups is 1. The van der Waals surface area contributed by atoms with Crippen LogP contribution in [0.4, 0.5) is 0 Å². The number of aromatic amines is 1. The van der Waals surface area contributed by atoms with Gasteiger partial charge in [0.15, 0.2) is 0 Å². The number of hydrogen-bond donors (Lipinski definition) is 1. The standard InChI is InChI=1S/C29H31N3O2/c1-5-21-8-10-23(11-9-21)24-14-32(15-24)29(33)26-13-25(18(2)12-19(26)3)28-20(4)27(30-31-28)17-34-16-22-6-7-22/h1,8-13,22,24H,6-7,14-17H2,2-4H3,(H,30,31). The van der Waals surface area contributed by atoms with Gasteiger partial charge in [0.1, 0.15) is 0 Å². The zero-order chi connectivity index (χ0) is 23.8. The Labute approximate surface area is 201 Å². The largest absolute Gasteiger partial charge is 0.375 e. The summed E-state index contributed by atoms with van der Waals surface area (Å²) >= 11 is 0. The first-order valence-electron chi connectivity index (χ1n) is 12.0. The summed E-state index contributed by atoms with van der Waals surface area (Å²) in [6.07, 6.45) is 8.01. The van der Waals surface area contributed by atoms with Crippen molar-refractivity contribution in [3.63, 3.8) is 0 Å². The molecule has 0 radical (unpaired) electrons. The Morgan fingerprint density at radius 2 is 1.88 bits per heavy atom. The second-order valence-electron chi connectivity index (χ2n) is 9.78. The van der Waals surface area contributed by atoms with Gasteiger partial charge in [-0.3, -0.25) is 9.89 Å². The number of likely N-dealkylation sites (tertiary alicyclic amines) is 1. The first-order chi connectivity index (χ1) is 16.4. The molecule has 2 aromatic carbocycles. The van der Waals surface area contributed by atoms with Crippen molar-refractivity contribution in [2.75, 3.05) is 19.7 Å². The van der Waals surface area contributed by atoms with Crippen molar-refractivity contribution >= 4 is 5.91 Å². The van der Waals surface area contributed by atoms with E-state index >= 15 is 0 Å². The Morgan fingerprint density at radius 1 is 1.15 bits per heavy atom. The van der Waals surface area contributed by atoms with Crippen LogP contribution in [0.3, 0.4) is 0 Å². The van der Waals surface area contributed by atoms with Crippen LogP contribution < -0.4 is 0 Å². The van der Waals surface area contributed by atoms with Crippen LogP contribution in [-0.2, 0) is 11.3 Å².